The molecule has 0 aliphatic heterocycles. The molecule has 3 nitrogen and oxygen atoms in total. The van der Waals surface area contributed by atoms with Crippen molar-refractivity contribution in [2.45, 2.75) is 0 Å². The van der Waals surface area contributed by atoms with Gasteiger partial charge in [0, 0.05) is 13.2 Å². The third kappa shape index (κ3) is 1.25. The Morgan fingerprint density at radius 3 is 2.93 bits per heavy atom. The maximum Gasteiger partial charge on any atom is 0.255 e. The second-order valence-electron chi connectivity index (χ2n) is 2.98. The summed E-state index contributed by atoms with van der Waals surface area (Å²) in [7, 11) is 1.64. The molecular formula is C10H9FN2O. The van der Waals surface area contributed by atoms with Gasteiger partial charge in [0.2, 0.25) is 0 Å². The number of hydrogen-bond acceptors (Lipinski definition) is 2. The van der Waals surface area contributed by atoms with Gasteiger partial charge >= 0.3 is 0 Å². The fourth-order valence-electron chi connectivity index (χ4n) is 1.40. The van der Waals surface area contributed by atoms with Crippen molar-refractivity contribution in [3.63, 3.8) is 0 Å². The molecule has 0 aliphatic carbocycles. The van der Waals surface area contributed by atoms with Crippen LogP contribution in [0.2, 0.25) is 0 Å². The molecule has 14 heavy (non-hydrogen) atoms. The van der Waals surface area contributed by atoms with Gasteiger partial charge in [0.15, 0.2) is 0 Å². The second-order valence-corrected chi connectivity index (χ2v) is 2.98. The zero-order valence-corrected chi connectivity index (χ0v) is 7.60. The lowest BCUT2D eigenvalue weighted by Gasteiger charge is -2.03. The van der Waals surface area contributed by atoms with Crippen LogP contribution in [0.15, 0.2) is 29.2 Å². The van der Waals surface area contributed by atoms with Crippen LogP contribution in [-0.2, 0) is 0 Å². The number of H-pyrrole nitrogens is 1. The third-order valence-electron chi connectivity index (χ3n) is 2.13. The predicted octanol–water partition coefficient (Wildman–Crippen LogP) is 1.71. The lowest BCUT2D eigenvalue weighted by molar-refractivity contribution is 0.633. The fourth-order valence-corrected chi connectivity index (χ4v) is 1.40. The van der Waals surface area contributed by atoms with E-state index in [1.165, 1.54) is 6.07 Å². The molecule has 0 saturated heterocycles. The molecule has 0 amide bonds. The van der Waals surface area contributed by atoms with Gasteiger partial charge in [-0.25, -0.2) is 4.39 Å². The average Bonchev–Trinajstić information content (AvgIpc) is 2.19. The molecule has 0 bridgehead atoms. The van der Waals surface area contributed by atoms with Crippen molar-refractivity contribution in [3.8, 4) is 0 Å². The Bertz CT molecular complexity index is 533. The van der Waals surface area contributed by atoms with Crippen molar-refractivity contribution in [2.24, 2.45) is 0 Å². The van der Waals surface area contributed by atoms with Crippen LogP contribution in [0.25, 0.3) is 10.8 Å². The molecule has 2 N–H and O–H groups in total. The van der Waals surface area contributed by atoms with Gasteiger partial charge in [0.05, 0.1) is 11.1 Å². The van der Waals surface area contributed by atoms with Gasteiger partial charge in [-0.05, 0) is 23.6 Å². The minimum atomic E-state index is -0.420. The molecule has 0 saturated carbocycles. The molecule has 0 radical (unpaired) electrons. The van der Waals surface area contributed by atoms with E-state index in [1.807, 2.05) is 0 Å². The molecule has 2 aromatic rings. The van der Waals surface area contributed by atoms with Crippen molar-refractivity contribution in [1.29, 1.82) is 0 Å². The first-order valence-electron chi connectivity index (χ1n) is 4.21. The molecule has 1 aromatic carbocycles. The van der Waals surface area contributed by atoms with Crippen LogP contribution < -0.4 is 10.9 Å². The van der Waals surface area contributed by atoms with Gasteiger partial charge in [0.1, 0.15) is 5.82 Å². The van der Waals surface area contributed by atoms with E-state index < -0.39 is 5.82 Å². The quantitative estimate of drug-likeness (QED) is 0.722. The summed E-state index contributed by atoms with van der Waals surface area (Å²) in [5.41, 5.74) is 0.118. The number of anilines is 1. The molecule has 2 rings (SSSR count). The minimum Gasteiger partial charge on any atom is -0.386 e. The normalized spacial score (nSPS) is 10.4. The van der Waals surface area contributed by atoms with Gasteiger partial charge in [-0.2, -0.15) is 0 Å². The summed E-state index contributed by atoms with van der Waals surface area (Å²) in [5.74, 6) is -0.420. The highest BCUT2D eigenvalue weighted by Crippen LogP contribution is 2.19. The van der Waals surface area contributed by atoms with Crippen LogP contribution in [0.1, 0.15) is 0 Å². The van der Waals surface area contributed by atoms with E-state index >= 15 is 0 Å². The highest BCUT2D eigenvalue weighted by Gasteiger charge is 2.04. The van der Waals surface area contributed by atoms with E-state index in [0.29, 0.717) is 11.1 Å². The summed E-state index contributed by atoms with van der Waals surface area (Å²) in [4.78, 5) is 13.8. The number of aromatic nitrogens is 1. The molecule has 4 heteroatoms. The van der Waals surface area contributed by atoms with Gasteiger partial charge < -0.3 is 10.3 Å². The van der Waals surface area contributed by atoms with Crippen molar-refractivity contribution >= 4 is 16.5 Å². The molecule has 0 fully saturated rings. The van der Waals surface area contributed by atoms with Crippen molar-refractivity contribution in [1.82, 2.24) is 4.98 Å². The fraction of sp³-hybridized carbons (Fsp3) is 0.100. The van der Waals surface area contributed by atoms with Crippen molar-refractivity contribution in [3.05, 3.63) is 40.6 Å². The Morgan fingerprint density at radius 1 is 1.43 bits per heavy atom. The number of aromatic amines is 1. The molecule has 0 spiro atoms. The molecule has 0 aliphatic rings. The maximum absolute atomic E-state index is 13.3. The Morgan fingerprint density at radius 2 is 2.21 bits per heavy atom. The first-order valence-corrected chi connectivity index (χ1v) is 4.21. The first kappa shape index (κ1) is 8.74. The van der Waals surface area contributed by atoms with Gasteiger partial charge in [0.25, 0.3) is 5.56 Å². The third-order valence-corrected chi connectivity index (χ3v) is 2.13. The van der Waals surface area contributed by atoms with Gasteiger partial charge in [-0.1, -0.05) is 0 Å². The number of pyridine rings is 1. The zero-order valence-electron chi connectivity index (χ0n) is 7.60. The van der Waals surface area contributed by atoms with Crippen molar-refractivity contribution < 1.29 is 4.39 Å². The van der Waals surface area contributed by atoms with E-state index in [4.69, 9.17) is 0 Å². The van der Waals surface area contributed by atoms with Crippen LogP contribution >= 0.6 is 0 Å². The number of benzene rings is 1. The highest BCUT2D eigenvalue weighted by molar-refractivity contribution is 5.84. The summed E-state index contributed by atoms with van der Waals surface area (Å²) >= 11 is 0. The van der Waals surface area contributed by atoms with E-state index in [9.17, 15) is 9.18 Å². The summed E-state index contributed by atoms with van der Waals surface area (Å²) in [6.45, 7) is 0. The molecular weight excluding hydrogens is 183 g/mol. The summed E-state index contributed by atoms with van der Waals surface area (Å²) in [5, 5.41) is 3.81. The first-order chi connectivity index (χ1) is 6.72. The lowest BCUT2D eigenvalue weighted by Crippen LogP contribution is -2.05. The van der Waals surface area contributed by atoms with E-state index in [2.05, 4.69) is 10.3 Å². The topological polar surface area (TPSA) is 44.9 Å². The summed E-state index contributed by atoms with van der Waals surface area (Å²) < 4.78 is 13.3. The maximum atomic E-state index is 13.3. The number of hydrogen-bond donors (Lipinski definition) is 2. The van der Waals surface area contributed by atoms with Crippen LogP contribution in [-0.4, -0.2) is 12.0 Å². The van der Waals surface area contributed by atoms with Gasteiger partial charge in [-0.3, -0.25) is 4.79 Å². The number of rotatable bonds is 1. The van der Waals surface area contributed by atoms with E-state index in [0.717, 1.165) is 5.39 Å². The number of nitrogens with one attached hydrogen (secondary N) is 2. The second kappa shape index (κ2) is 3.14. The Labute approximate surface area is 79.6 Å². The monoisotopic (exact) mass is 192 g/mol. The summed E-state index contributed by atoms with van der Waals surface area (Å²) in [6, 6.07) is 4.58. The zero-order chi connectivity index (χ0) is 10.1. The standard InChI is InChI=1S/C10H9FN2O/c1-12-9-4-6-2-3-13-10(14)7(6)5-8(9)11/h2-5,12H,1H3,(H,13,14). The largest absolute Gasteiger partial charge is 0.386 e. The van der Waals surface area contributed by atoms with Crippen LogP contribution in [0.3, 0.4) is 0 Å². The predicted molar refractivity (Wildman–Crippen MR) is 54.1 cm³/mol. The molecule has 1 aromatic heterocycles. The van der Waals surface area contributed by atoms with Crippen molar-refractivity contribution in [2.75, 3.05) is 12.4 Å². The van der Waals surface area contributed by atoms with E-state index in [1.54, 1.807) is 25.4 Å². The lowest BCUT2D eigenvalue weighted by atomic mass is 10.1. The van der Waals surface area contributed by atoms with Crippen LogP contribution in [0.5, 0.6) is 0 Å². The minimum absolute atomic E-state index is 0.274. The Hall–Kier alpha value is -1.84. The van der Waals surface area contributed by atoms with Gasteiger partial charge in [-0.15, -0.1) is 0 Å². The molecule has 0 unspecified atom stereocenters. The van der Waals surface area contributed by atoms with Crippen LogP contribution in [0.4, 0.5) is 10.1 Å². The number of halogens is 1. The van der Waals surface area contributed by atoms with Crippen LogP contribution in [0, 0.1) is 5.82 Å². The average molecular weight is 192 g/mol. The van der Waals surface area contributed by atoms with E-state index in [-0.39, 0.29) is 5.56 Å². The molecule has 72 valence electrons. The SMILES string of the molecule is CNc1cc2cc[nH]c(=O)c2cc1F. The molecule has 0 atom stereocenters. The smallest absolute Gasteiger partial charge is 0.255 e. The summed E-state index contributed by atoms with van der Waals surface area (Å²) in [6.07, 6.45) is 1.54. The Kier molecular flexibility index (Phi) is 1.96. The molecule has 1 heterocycles. The Balaban J connectivity index is 2.86. The highest BCUT2D eigenvalue weighted by atomic mass is 19.1. The number of fused-ring (bicyclic) bond motifs is 1.